The van der Waals surface area contributed by atoms with Gasteiger partial charge in [0.25, 0.3) is 0 Å². The molecule has 0 aliphatic heterocycles. The number of hydrogen-bond donors (Lipinski definition) is 1. The summed E-state index contributed by atoms with van der Waals surface area (Å²) >= 11 is 0. The van der Waals surface area contributed by atoms with Crippen molar-refractivity contribution in [3.05, 3.63) is 71.8 Å². The molecule has 2 aromatic rings. The molecule has 1 heteroatoms. The van der Waals surface area contributed by atoms with Crippen LogP contribution in [0.1, 0.15) is 37.8 Å². The second kappa shape index (κ2) is 7.99. The molecule has 0 fully saturated rings. The summed E-state index contributed by atoms with van der Waals surface area (Å²) in [6.07, 6.45) is 0. The predicted octanol–water partition coefficient (Wildman–Crippen LogP) is 4.70. The van der Waals surface area contributed by atoms with Crippen molar-refractivity contribution in [2.45, 2.75) is 26.7 Å². The molecule has 0 amide bonds. The highest BCUT2D eigenvalue weighted by Gasteiger charge is 2.20. The van der Waals surface area contributed by atoms with E-state index < -0.39 is 0 Å². The van der Waals surface area contributed by atoms with Crippen LogP contribution >= 0.6 is 0 Å². The van der Waals surface area contributed by atoms with Crippen molar-refractivity contribution in [3.8, 4) is 0 Å². The van der Waals surface area contributed by atoms with Crippen LogP contribution in [0, 0.1) is 11.8 Å². The summed E-state index contributed by atoms with van der Waals surface area (Å²) in [5.74, 6) is 1.71. The maximum Gasteiger partial charge on any atom is 0.0127 e. The van der Waals surface area contributed by atoms with Crippen LogP contribution in [0.5, 0.6) is 0 Å². The first kappa shape index (κ1) is 15.8. The largest absolute Gasteiger partial charge is 0.316 e. The lowest BCUT2D eigenvalue weighted by Gasteiger charge is -2.26. The lowest BCUT2D eigenvalue weighted by molar-refractivity contribution is 0.442. The molecular weight excluding hydrogens is 254 g/mol. The third-order valence-electron chi connectivity index (χ3n) is 3.91. The Morgan fingerprint density at radius 1 is 0.714 bits per heavy atom. The topological polar surface area (TPSA) is 12.0 Å². The summed E-state index contributed by atoms with van der Waals surface area (Å²) < 4.78 is 0. The maximum atomic E-state index is 3.60. The molecule has 0 saturated heterocycles. The molecule has 2 aromatic carbocycles. The second-order valence-corrected chi connectivity index (χ2v) is 6.33. The van der Waals surface area contributed by atoms with Crippen LogP contribution in [-0.4, -0.2) is 13.1 Å². The van der Waals surface area contributed by atoms with Crippen molar-refractivity contribution >= 4 is 0 Å². The van der Waals surface area contributed by atoms with Gasteiger partial charge in [0.1, 0.15) is 0 Å². The van der Waals surface area contributed by atoms with E-state index in [4.69, 9.17) is 0 Å². The van der Waals surface area contributed by atoms with Gasteiger partial charge in [0.05, 0.1) is 0 Å². The van der Waals surface area contributed by atoms with Gasteiger partial charge in [-0.2, -0.15) is 0 Å². The Kier molecular flexibility index (Phi) is 6.01. The van der Waals surface area contributed by atoms with Crippen molar-refractivity contribution < 1.29 is 0 Å². The molecule has 21 heavy (non-hydrogen) atoms. The molecule has 112 valence electrons. The fourth-order valence-corrected chi connectivity index (χ4v) is 2.89. The first-order chi connectivity index (χ1) is 10.2. The third kappa shape index (κ3) is 4.71. The molecule has 0 aliphatic carbocycles. The van der Waals surface area contributed by atoms with Crippen LogP contribution in [0.4, 0.5) is 0 Å². The fraction of sp³-hybridized carbons (Fsp3) is 0.400. The molecule has 1 N–H and O–H groups in total. The standard InChI is InChI=1S/C20H27N/c1-16(2)14-21-15-17(3)20(18-10-6-4-7-11-18)19-12-8-5-9-13-19/h4-13,16-17,20-21H,14-15H2,1-3H3. The quantitative estimate of drug-likeness (QED) is 0.775. The summed E-state index contributed by atoms with van der Waals surface area (Å²) in [7, 11) is 0. The highest BCUT2D eigenvalue weighted by atomic mass is 14.9. The molecule has 1 atom stereocenters. The molecule has 0 aliphatic rings. The first-order valence-corrected chi connectivity index (χ1v) is 7.99. The summed E-state index contributed by atoms with van der Waals surface area (Å²) in [4.78, 5) is 0. The predicted molar refractivity (Wildman–Crippen MR) is 91.6 cm³/mol. The van der Waals surface area contributed by atoms with Gasteiger partial charge in [-0.25, -0.2) is 0 Å². The highest BCUT2D eigenvalue weighted by Crippen LogP contribution is 2.31. The molecule has 1 unspecified atom stereocenters. The zero-order valence-electron chi connectivity index (χ0n) is 13.4. The highest BCUT2D eigenvalue weighted by molar-refractivity contribution is 5.33. The average Bonchev–Trinajstić information content (AvgIpc) is 2.49. The van der Waals surface area contributed by atoms with Crippen LogP contribution in [0.3, 0.4) is 0 Å². The van der Waals surface area contributed by atoms with E-state index in [2.05, 4.69) is 86.8 Å². The van der Waals surface area contributed by atoms with E-state index in [1.807, 2.05) is 0 Å². The Balaban J connectivity index is 2.16. The van der Waals surface area contributed by atoms with Gasteiger partial charge in [-0.1, -0.05) is 81.4 Å². The lowest BCUT2D eigenvalue weighted by atomic mass is 9.81. The van der Waals surface area contributed by atoms with Gasteiger partial charge in [0, 0.05) is 5.92 Å². The molecule has 0 aromatic heterocycles. The van der Waals surface area contributed by atoms with Gasteiger partial charge in [0.15, 0.2) is 0 Å². The SMILES string of the molecule is CC(C)CNCC(C)C(c1ccccc1)c1ccccc1. The van der Waals surface area contributed by atoms with E-state index in [0.29, 0.717) is 17.8 Å². The van der Waals surface area contributed by atoms with Gasteiger partial charge in [-0.15, -0.1) is 0 Å². The zero-order chi connectivity index (χ0) is 15.1. The number of nitrogens with one attached hydrogen (secondary N) is 1. The normalized spacial score (nSPS) is 12.8. The Morgan fingerprint density at radius 3 is 1.62 bits per heavy atom. The Bertz CT molecular complexity index is 464. The molecule has 1 nitrogen and oxygen atoms in total. The van der Waals surface area contributed by atoms with E-state index in [9.17, 15) is 0 Å². The molecule has 0 heterocycles. The van der Waals surface area contributed by atoms with Gasteiger partial charge in [-0.3, -0.25) is 0 Å². The van der Waals surface area contributed by atoms with Crippen molar-refractivity contribution in [2.75, 3.05) is 13.1 Å². The minimum Gasteiger partial charge on any atom is -0.316 e. The molecule has 0 saturated carbocycles. The van der Waals surface area contributed by atoms with E-state index in [-0.39, 0.29) is 0 Å². The molecule has 0 bridgehead atoms. The third-order valence-corrected chi connectivity index (χ3v) is 3.91. The minimum atomic E-state index is 0.451. The van der Waals surface area contributed by atoms with E-state index in [0.717, 1.165) is 13.1 Å². The Labute approximate surface area is 129 Å². The number of rotatable bonds is 7. The Hall–Kier alpha value is -1.60. The van der Waals surface area contributed by atoms with Crippen molar-refractivity contribution in [2.24, 2.45) is 11.8 Å². The number of hydrogen-bond acceptors (Lipinski definition) is 1. The zero-order valence-corrected chi connectivity index (χ0v) is 13.4. The van der Waals surface area contributed by atoms with Crippen molar-refractivity contribution in [3.63, 3.8) is 0 Å². The summed E-state index contributed by atoms with van der Waals surface area (Å²) in [6, 6.07) is 21.7. The van der Waals surface area contributed by atoms with E-state index in [1.54, 1.807) is 0 Å². The second-order valence-electron chi connectivity index (χ2n) is 6.33. The molecule has 2 rings (SSSR count). The van der Waals surface area contributed by atoms with Gasteiger partial charge >= 0.3 is 0 Å². The molecule has 0 spiro atoms. The van der Waals surface area contributed by atoms with Crippen molar-refractivity contribution in [1.29, 1.82) is 0 Å². The summed E-state index contributed by atoms with van der Waals surface area (Å²) in [5.41, 5.74) is 2.81. The van der Waals surface area contributed by atoms with Crippen molar-refractivity contribution in [1.82, 2.24) is 5.32 Å². The lowest BCUT2D eigenvalue weighted by Crippen LogP contribution is -2.28. The van der Waals surface area contributed by atoms with E-state index >= 15 is 0 Å². The summed E-state index contributed by atoms with van der Waals surface area (Å²) in [6.45, 7) is 8.98. The number of benzene rings is 2. The fourth-order valence-electron chi connectivity index (χ4n) is 2.89. The Morgan fingerprint density at radius 2 is 1.19 bits per heavy atom. The van der Waals surface area contributed by atoms with E-state index in [1.165, 1.54) is 11.1 Å². The monoisotopic (exact) mass is 281 g/mol. The summed E-state index contributed by atoms with van der Waals surface area (Å²) in [5, 5.41) is 3.60. The smallest absolute Gasteiger partial charge is 0.0127 e. The minimum absolute atomic E-state index is 0.451. The van der Waals surface area contributed by atoms with Crippen LogP contribution in [-0.2, 0) is 0 Å². The van der Waals surface area contributed by atoms with Gasteiger partial charge < -0.3 is 5.32 Å². The van der Waals surface area contributed by atoms with Crippen LogP contribution in [0.2, 0.25) is 0 Å². The van der Waals surface area contributed by atoms with Gasteiger partial charge in [0.2, 0.25) is 0 Å². The van der Waals surface area contributed by atoms with Crippen LogP contribution in [0.25, 0.3) is 0 Å². The maximum absolute atomic E-state index is 3.60. The van der Waals surface area contributed by atoms with Gasteiger partial charge in [-0.05, 0) is 36.1 Å². The van der Waals surface area contributed by atoms with Crippen LogP contribution < -0.4 is 5.32 Å². The average molecular weight is 281 g/mol. The molecular formula is C20H27N. The first-order valence-electron chi connectivity index (χ1n) is 7.99. The molecule has 0 radical (unpaired) electrons. The van der Waals surface area contributed by atoms with Crippen LogP contribution in [0.15, 0.2) is 60.7 Å².